The molecule has 0 aliphatic carbocycles. The van der Waals surface area contributed by atoms with E-state index in [0.29, 0.717) is 37.6 Å². The van der Waals surface area contributed by atoms with Crippen molar-refractivity contribution in [3.05, 3.63) is 112 Å². The van der Waals surface area contributed by atoms with Crippen LogP contribution in [0.4, 0.5) is 0 Å². The molecule has 1 atom stereocenters. The molecule has 6 nitrogen and oxygen atoms in total. The number of nitrogens with one attached hydrogen (secondary N) is 1. The van der Waals surface area contributed by atoms with Gasteiger partial charge in [-0.1, -0.05) is 76.6 Å². The molecular formula is C31H29BrN2O4. The second kappa shape index (κ2) is 11.8. The Kier molecular flexibility index (Phi) is 8.05. The number of fused-ring (bicyclic) bond motifs is 1. The summed E-state index contributed by atoms with van der Waals surface area (Å²) >= 11 is 3.62. The third-order valence-corrected chi connectivity index (χ3v) is 7.39. The molecule has 0 aromatic heterocycles. The van der Waals surface area contributed by atoms with Gasteiger partial charge in [0.25, 0.3) is 5.91 Å². The van der Waals surface area contributed by atoms with Crippen molar-refractivity contribution in [1.82, 2.24) is 5.32 Å². The highest BCUT2D eigenvalue weighted by molar-refractivity contribution is 9.10. The number of hydrogen-bond donors (Lipinski definition) is 2. The smallest absolute Gasteiger partial charge is 0.252 e. The van der Waals surface area contributed by atoms with Crippen LogP contribution in [-0.4, -0.2) is 42.3 Å². The maximum absolute atomic E-state index is 13.8. The van der Waals surface area contributed by atoms with Crippen molar-refractivity contribution < 1.29 is 19.4 Å². The Hall–Kier alpha value is -3.68. The fraction of sp³-hybridized carbons (Fsp3) is 0.226. The topological polar surface area (TPSA) is 80.2 Å². The Morgan fingerprint density at radius 2 is 1.71 bits per heavy atom. The molecular weight excluding hydrogens is 544 g/mol. The Morgan fingerprint density at radius 1 is 0.974 bits per heavy atom. The second-order valence-corrected chi connectivity index (χ2v) is 10.1. The van der Waals surface area contributed by atoms with Crippen molar-refractivity contribution in [3.63, 3.8) is 0 Å². The number of nitrogens with zero attached hydrogens (tertiary/aromatic N) is 1. The molecule has 0 bridgehead atoms. The van der Waals surface area contributed by atoms with E-state index in [0.717, 1.165) is 31.9 Å². The fourth-order valence-electron chi connectivity index (χ4n) is 4.57. The van der Waals surface area contributed by atoms with E-state index in [1.54, 1.807) is 0 Å². The highest BCUT2D eigenvalue weighted by Gasteiger charge is 2.44. The maximum atomic E-state index is 13.8. The SMILES string of the molecule is O=C(NCc1cccc2ccccc12)[C@@]1(Cc2ccccc2Br)COC(c2ccc(OCCCO)cc2)=N1. The molecule has 0 saturated heterocycles. The van der Waals surface area contributed by atoms with Gasteiger partial charge in [0.15, 0.2) is 5.54 Å². The fourth-order valence-corrected chi connectivity index (χ4v) is 5.00. The predicted molar refractivity (Wildman–Crippen MR) is 153 cm³/mol. The van der Waals surface area contributed by atoms with Gasteiger partial charge >= 0.3 is 0 Å². The number of hydrogen-bond acceptors (Lipinski definition) is 5. The lowest BCUT2D eigenvalue weighted by molar-refractivity contribution is -0.126. The van der Waals surface area contributed by atoms with Crippen molar-refractivity contribution in [1.29, 1.82) is 0 Å². The normalized spacial score (nSPS) is 16.6. The first-order valence-corrected chi connectivity index (χ1v) is 13.4. The van der Waals surface area contributed by atoms with Crippen LogP contribution in [0.1, 0.15) is 23.1 Å². The Morgan fingerprint density at radius 3 is 2.53 bits per heavy atom. The third-order valence-electron chi connectivity index (χ3n) is 6.62. The summed E-state index contributed by atoms with van der Waals surface area (Å²) in [6.07, 6.45) is 0.963. The first-order chi connectivity index (χ1) is 18.6. The van der Waals surface area contributed by atoms with Crippen LogP contribution in [0.15, 0.2) is 100 Å². The van der Waals surface area contributed by atoms with Gasteiger partial charge in [0.1, 0.15) is 12.4 Å². The monoisotopic (exact) mass is 572 g/mol. The van der Waals surface area contributed by atoms with Crippen LogP contribution >= 0.6 is 15.9 Å². The largest absolute Gasteiger partial charge is 0.494 e. The highest BCUT2D eigenvalue weighted by Crippen LogP contribution is 2.30. The molecule has 4 aromatic rings. The summed E-state index contributed by atoms with van der Waals surface area (Å²) in [5, 5.41) is 14.3. The molecule has 0 unspecified atom stereocenters. The van der Waals surface area contributed by atoms with Gasteiger partial charge in [0.05, 0.1) is 6.61 Å². The summed E-state index contributed by atoms with van der Waals surface area (Å²) in [5.41, 5.74) is 1.69. The Bertz CT molecular complexity index is 1450. The number of benzene rings is 4. The van der Waals surface area contributed by atoms with Crippen LogP contribution in [-0.2, 0) is 22.5 Å². The lowest BCUT2D eigenvalue weighted by Crippen LogP contribution is -2.48. The number of aliphatic imine (C=N–C) groups is 1. The van der Waals surface area contributed by atoms with Gasteiger partial charge in [-0.05, 0) is 52.2 Å². The van der Waals surface area contributed by atoms with Crippen LogP contribution in [0.5, 0.6) is 5.75 Å². The molecule has 4 aromatic carbocycles. The average molecular weight is 573 g/mol. The predicted octanol–water partition coefficient (Wildman–Crippen LogP) is 5.44. The molecule has 1 heterocycles. The summed E-state index contributed by atoms with van der Waals surface area (Å²) in [6, 6.07) is 29.6. The zero-order chi connectivity index (χ0) is 26.4. The summed E-state index contributed by atoms with van der Waals surface area (Å²) in [4.78, 5) is 18.7. The Balaban J connectivity index is 1.40. The molecule has 5 rings (SSSR count). The van der Waals surface area contributed by atoms with Crippen molar-refractivity contribution in [2.24, 2.45) is 4.99 Å². The molecule has 194 valence electrons. The molecule has 0 saturated carbocycles. The van der Waals surface area contributed by atoms with E-state index in [9.17, 15) is 4.79 Å². The number of halogens is 1. The standard InChI is InChI=1S/C31H29BrN2O4/c32-28-12-4-2-8-24(28)19-31(30(36)33-20-25-10-5-9-22-7-1-3-11-27(22)25)21-38-29(34-31)23-13-15-26(16-14-23)37-18-6-17-35/h1-5,7-16,35H,6,17-21H2,(H,33,36)/t31-/m1/s1. The summed E-state index contributed by atoms with van der Waals surface area (Å²) in [5.74, 6) is 0.951. The maximum Gasteiger partial charge on any atom is 0.252 e. The molecule has 2 N–H and O–H groups in total. The number of carbonyl (C=O) groups is 1. The van der Waals surface area contributed by atoms with E-state index in [4.69, 9.17) is 19.6 Å². The highest BCUT2D eigenvalue weighted by atomic mass is 79.9. The number of amides is 1. The molecule has 0 radical (unpaired) electrons. The van der Waals surface area contributed by atoms with Gasteiger partial charge in [0, 0.05) is 36.0 Å². The van der Waals surface area contributed by atoms with Crippen LogP contribution < -0.4 is 10.1 Å². The van der Waals surface area contributed by atoms with Crippen molar-refractivity contribution in [2.75, 3.05) is 19.8 Å². The minimum absolute atomic E-state index is 0.0882. The van der Waals surface area contributed by atoms with E-state index < -0.39 is 5.54 Å². The lowest BCUT2D eigenvalue weighted by atomic mass is 9.91. The molecule has 1 aliphatic heterocycles. The number of aliphatic hydroxyl groups excluding tert-OH is 1. The number of aliphatic hydroxyl groups is 1. The quantitative estimate of drug-likeness (QED) is 0.248. The van der Waals surface area contributed by atoms with E-state index in [1.807, 2.05) is 72.8 Å². The van der Waals surface area contributed by atoms with Gasteiger partial charge in [-0.15, -0.1) is 0 Å². The van der Waals surface area contributed by atoms with Gasteiger partial charge in [-0.2, -0.15) is 0 Å². The number of carbonyl (C=O) groups excluding carboxylic acids is 1. The van der Waals surface area contributed by atoms with Crippen molar-refractivity contribution >= 4 is 38.5 Å². The molecule has 38 heavy (non-hydrogen) atoms. The van der Waals surface area contributed by atoms with Crippen molar-refractivity contribution in [2.45, 2.75) is 24.9 Å². The molecule has 1 aliphatic rings. The number of rotatable bonds is 10. The zero-order valence-electron chi connectivity index (χ0n) is 20.9. The van der Waals surface area contributed by atoms with E-state index >= 15 is 0 Å². The molecule has 7 heteroatoms. The minimum Gasteiger partial charge on any atom is -0.494 e. The summed E-state index contributed by atoms with van der Waals surface area (Å²) in [6.45, 7) is 1.06. The zero-order valence-corrected chi connectivity index (χ0v) is 22.5. The van der Waals surface area contributed by atoms with E-state index in [-0.39, 0.29) is 19.1 Å². The van der Waals surface area contributed by atoms with Crippen molar-refractivity contribution in [3.8, 4) is 5.75 Å². The van der Waals surface area contributed by atoms with Gasteiger partial charge in [-0.3, -0.25) is 4.79 Å². The van der Waals surface area contributed by atoms with Gasteiger partial charge in [-0.25, -0.2) is 4.99 Å². The second-order valence-electron chi connectivity index (χ2n) is 9.28. The third kappa shape index (κ3) is 5.74. The molecule has 0 spiro atoms. The summed E-state index contributed by atoms with van der Waals surface area (Å²) in [7, 11) is 0. The first-order valence-electron chi connectivity index (χ1n) is 12.6. The van der Waals surface area contributed by atoms with Crippen LogP contribution in [0.25, 0.3) is 10.8 Å². The van der Waals surface area contributed by atoms with E-state index in [2.05, 4.69) is 39.4 Å². The molecule has 0 fully saturated rings. The van der Waals surface area contributed by atoms with Crippen LogP contribution in [0.2, 0.25) is 0 Å². The first kappa shape index (κ1) is 25.9. The average Bonchev–Trinajstić information content (AvgIpc) is 3.39. The number of ether oxygens (including phenoxy) is 2. The van der Waals surface area contributed by atoms with Gasteiger partial charge < -0.3 is 19.9 Å². The lowest BCUT2D eigenvalue weighted by Gasteiger charge is -2.24. The summed E-state index contributed by atoms with van der Waals surface area (Å²) < 4.78 is 12.6. The minimum atomic E-state index is -1.11. The van der Waals surface area contributed by atoms with Gasteiger partial charge in [0.2, 0.25) is 5.90 Å². The van der Waals surface area contributed by atoms with Crippen LogP contribution in [0, 0.1) is 0 Å². The van der Waals surface area contributed by atoms with E-state index in [1.165, 1.54) is 0 Å². The Labute approximate surface area is 230 Å². The van der Waals surface area contributed by atoms with Crippen LogP contribution in [0.3, 0.4) is 0 Å². The molecule has 1 amide bonds.